The number of aryl methyl sites for hydroxylation is 1. The van der Waals surface area contributed by atoms with Gasteiger partial charge in [0.2, 0.25) is 0 Å². The lowest BCUT2D eigenvalue weighted by Crippen LogP contribution is -2.51. The summed E-state index contributed by atoms with van der Waals surface area (Å²) in [6.07, 6.45) is 3.37. The van der Waals surface area contributed by atoms with Crippen LogP contribution in [0.25, 0.3) is 0 Å². The lowest BCUT2D eigenvalue weighted by molar-refractivity contribution is 0.0132. The van der Waals surface area contributed by atoms with Gasteiger partial charge in [-0.05, 0) is 18.8 Å². The van der Waals surface area contributed by atoms with Crippen LogP contribution in [0.15, 0.2) is 4.99 Å². The van der Waals surface area contributed by atoms with Crippen LogP contribution in [0.4, 0.5) is 0 Å². The van der Waals surface area contributed by atoms with Crippen LogP contribution >= 0.6 is 24.0 Å². The van der Waals surface area contributed by atoms with Crippen LogP contribution in [-0.4, -0.2) is 71.6 Å². The number of fused-ring (bicyclic) bond motifs is 1. The Kier molecular flexibility index (Phi) is 9.24. The smallest absolute Gasteiger partial charge is 0.191 e. The molecule has 1 aromatic rings. The van der Waals surface area contributed by atoms with Crippen LogP contribution in [0, 0.1) is 5.92 Å². The van der Waals surface area contributed by atoms with Crippen molar-refractivity contribution in [3.05, 3.63) is 11.6 Å². The number of nitrogens with one attached hydrogen (secondary N) is 2. The second kappa shape index (κ2) is 11.2. The Balaban J connectivity index is 0.00000261. The second-order valence-corrected chi connectivity index (χ2v) is 7.53. The number of halogens is 1. The van der Waals surface area contributed by atoms with Crippen LogP contribution in [0.3, 0.4) is 0 Å². The van der Waals surface area contributed by atoms with Crippen molar-refractivity contribution < 1.29 is 4.74 Å². The van der Waals surface area contributed by atoms with Gasteiger partial charge in [0.1, 0.15) is 5.82 Å². The highest BCUT2D eigenvalue weighted by atomic mass is 127. The van der Waals surface area contributed by atoms with Gasteiger partial charge in [0, 0.05) is 45.7 Å². The minimum absolute atomic E-state index is 0. The number of aromatic nitrogens is 3. The average molecular weight is 491 g/mol. The maximum Gasteiger partial charge on any atom is 0.191 e. The SMILES string of the molecule is CN=C(NCc1nnc2n1CCC2)NCC(CC(C)C)N1CCOCC1.I. The Morgan fingerprint density at radius 2 is 1.96 bits per heavy atom. The molecule has 3 heterocycles. The van der Waals surface area contributed by atoms with Gasteiger partial charge in [-0.2, -0.15) is 0 Å². The summed E-state index contributed by atoms with van der Waals surface area (Å²) in [6, 6.07) is 0.495. The number of hydrogen-bond donors (Lipinski definition) is 2. The van der Waals surface area contributed by atoms with Crippen LogP contribution in [-0.2, 0) is 24.2 Å². The highest BCUT2D eigenvalue weighted by Gasteiger charge is 2.22. The van der Waals surface area contributed by atoms with Crippen LogP contribution < -0.4 is 10.6 Å². The van der Waals surface area contributed by atoms with Gasteiger partial charge in [-0.15, -0.1) is 34.2 Å². The van der Waals surface area contributed by atoms with E-state index in [1.807, 2.05) is 7.05 Å². The number of hydrogen-bond acceptors (Lipinski definition) is 5. The second-order valence-electron chi connectivity index (χ2n) is 7.53. The van der Waals surface area contributed by atoms with Gasteiger partial charge in [-0.25, -0.2) is 0 Å². The molecule has 1 atom stereocenters. The van der Waals surface area contributed by atoms with Gasteiger partial charge in [0.05, 0.1) is 19.8 Å². The van der Waals surface area contributed by atoms with Crippen molar-refractivity contribution in [2.45, 2.75) is 52.2 Å². The molecule has 1 saturated heterocycles. The molecule has 2 N–H and O–H groups in total. The van der Waals surface area contributed by atoms with Crippen molar-refractivity contribution in [1.29, 1.82) is 0 Å². The third-order valence-electron chi connectivity index (χ3n) is 5.13. The van der Waals surface area contributed by atoms with Gasteiger partial charge in [-0.1, -0.05) is 13.8 Å². The molecule has 0 aromatic carbocycles. The van der Waals surface area contributed by atoms with Gasteiger partial charge < -0.3 is 19.9 Å². The topological polar surface area (TPSA) is 79.6 Å². The summed E-state index contributed by atoms with van der Waals surface area (Å²) in [7, 11) is 1.82. The summed E-state index contributed by atoms with van der Waals surface area (Å²) in [5.74, 6) is 3.59. The summed E-state index contributed by atoms with van der Waals surface area (Å²) < 4.78 is 7.72. The molecule has 27 heavy (non-hydrogen) atoms. The van der Waals surface area contributed by atoms with E-state index >= 15 is 0 Å². The lowest BCUT2D eigenvalue weighted by atomic mass is 10.0. The van der Waals surface area contributed by atoms with Crippen LogP contribution in [0.2, 0.25) is 0 Å². The molecule has 1 unspecified atom stereocenters. The molecule has 2 aliphatic rings. The van der Waals surface area contributed by atoms with E-state index in [9.17, 15) is 0 Å². The fourth-order valence-electron chi connectivity index (χ4n) is 3.79. The normalized spacial score (nSPS) is 18.9. The fraction of sp³-hybridized carbons (Fsp3) is 0.833. The first kappa shape index (κ1) is 22.4. The monoisotopic (exact) mass is 491 g/mol. The van der Waals surface area contributed by atoms with E-state index in [2.05, 4.69) is 49.1 Å². The molecule has 0 saturated carbocycles. The summed E-state index contributed by atoms with van der Waals surface area (Å²) in [5, 5.41) is 15.4. The van der Waals surface area contributed by atoms with Crippen LogP contribution in [0.5, 0.6) is 0 Å². The van der Waals surface area contributed by atoms with E-state index in [1.54, 1.807) is 0 Å². The molecule has 0 amide bonds. The summed E-state index contributed by atoms with van der Waals surface area (Å²) >= 11 is 0. The third kappa shape index (κ3) is 6.28. The van der Waals surface area contributed by atoms with Gasteiger partial charge >= 0.3 is 0 Å². The van der Waals surface area contributed by atoms with Crippen molar-refractivity contribution in [2.24, 2.45) is 10.9 Å². The molecule has 0 bridgehead atoms. The quantitative estimate of drug-likeness (QED) is 0.340. The van der Waals surface area contributed by atoms with Gasteiger partial charge in [-0.3, -0.25) is 9.89 Å². The van der Waals surface area contributed by atoms with E-state index < -0.39 is 0 Å². The van der Waals surface area contributed by atoms with Crippen molar-refractivity contribution >= 4 is 29.9 Å². The number of nitrogens with zero attached hydrogens (tertiary/aromatic N) is 5. The lowest BCUT2D eigenvalue weighted by Gasteiger charge is -2.35. The third-order valence-corrected chi connectivity index (χ3v) is 5.13. The highest BCUT2D eigenvalue weighted by molar-refractivity contribution is 14.0. The maximum atomic E-state index is 5.50. The summed E-state index contributed by atoms with van der Waals surface area (Å²) in [6.45, 7) is 10.8. The maximum absolute atomic E-state index is 5.50. The zero-order chi connectivity index (χ0) is 18.4. The minimum atomic E-state index is 0. The van der Waals surface area contributed by atoms with Crippen molar-refractivity contribution in [3.63, 3.8) is 0 Å². The Morgan fingerprint density at radius 3 is 2.67 bits per heavy atom. The van der Waals surface area contributed by atoms with E-state index in [0.717, 1.165) is 63.4 Å². The van der Waals surface area contributed by atoms with E-state index in [-0.39, 0.29) is 24.0 Å². The fourth-order valence-corrected chi connectivity index (χ4v) is 3.79. The predicted octanol–water partition coefficient (Wildman–Crippen LogP) is 1.25. The molecular weight excluding hydrogens is 457 g/mol. The number of aliphatic imine (C=N–C) groups is 1. The van der Waals surface area contributed by atoms with Crippen molar-refractivity contribution in [1.82, 2.24) is 30.3 Å². The number of morpholine rings is 1. The Labute approximate surface area is 179 Å². The Bertz CT molecular complexity index is 599. The first-order valence-electron chi connectivity index (χ1n) is 9.84. The molecule has 1 fully saturated rings. The number of ether oxygens (including phenoxy) is 1. The predicted molar refractivity (Wildman–Crippen MR) is 118 cm³/mol. The molecule has 0 radical (unpaired) electrons. The molecule has 8 nitrogen and oxygen atoms in total. The number of rotatable bonds is 7. The van der Waals surface area contributed by atoms with E-state index in [4.69, 9.17) is 4.74 Å². The van der Waals surface area contributed by atoms with Crippen LogP contribution in [0.1, 0.15) is 38.3 Å². The van der Waals surface area contributed by atoms with Crippen molar-refractivity contribution in [3.8, 4) is 0 Å². The molecule has 154 valence electrons. The van der Waals surface area contributed by atoms with E-state index in [0.29, 0.717) is 18.5 Å². The van der Waals surface area contributed by atoms with Gasteiger partial charge in [0.15, 0.2) is 11.8 Å². The summed E-state index contributed by atoms with van der Waals surface area (Å²) in [5.41, 5.74) is 0. The first-order chi connectivity index (χ1) is 12.7. The highest BCUT2D eigenvalue weighted by Crippen LogP contribution is 2.14. The standard InChI is InChI=1S/C18H33N7O.HI/c1-14(2)11-15(24-7-9-26-10-8-24)12-20-18(19-3)21-13-17-23-22-16-5-4-6-25(16)17;/h14-15H,4-13H2,1-3H3,(H2,19,20,21);1H. The molecule has 9 heteroatoms. The Morgan fingerprint density at radius 1 is 1.19 bits per heavy atom. The summed E-state index contributed by atoms with van der Waals surface area (Å²) in [4.78, 5) is 6.91. The molecule has 0 aliphatic carbocycles. The molecule has 1 aromatic heterocycles. The van der Waals surface area contributed by atoms with E-state index in [1.165, 1.54) is 12.8 Å². The number of guanidine groups is 1. The zero-order valence-electron chi connectivity index (χ0n) is 16.8. The minimum Gasteiger partial charge on any atom is -0.379 e. The average Bonchev–Trinajstić information content (AvgIpc) is 3.25. The van der Waals surface area contributed by atoms with Gasteiger partial charge in [0.25, 0.3) is 0 Å². The molecule has 0 spiro atoms. The molecule has 3 rings (SSSR count). The Hall–Kier alpha value is -0.940. The largest absolute Gasteiger partial charge is 0.379 e. The van der Waals surface area contributed by atoms with Crippen molar-refractivity contribution in [2.75, 3.05) is 39.9 Å². The zero-order valence-corrected chi connectivity index (χ0v) is 19.1. The molecular formula is C18H34IN7O. The first-order valence-corrected chi connectivity index (χ1v) is 9.84. The molecule has 2 aliphatic heterocycles.